The lowest BCUT2D eigenvalue weighted by molar-refractivity contribution is 0.00914. The second-order valence-electron chi connectivity index (χ2n) is 8.55. The van der Waals surface area contributed by atoms with Crippen molar-refractivity contribution in [1.82, 2.24) is 19.7 Å². The van der Waals surface area contributed by atoms with Crippen molar-refractivity contribution in [2.75, 3.05) is 0 Å². The number of amides is 1. The average molecular weight is 425 g/mol. The molecular weight excluding hydrogens is 400 g/mol. The minimum Gasteiger partial charge on any atom is -0.444 e. The first-order valence-corrected chi connectivity index (χ1v) is 10.4. The normalized spacial score (nSPS) is 16.3. The van der Waals surface area contributed by atoms with Gasteiger partial charge in [-0.25, -0.2) is 4.79 Å². The van der Waals surface area contributed by atoms with Crippen LogP contribution in [-0.4, -0.2) is 37.4 Å². The topological polar surface area (TPSA) is 60.2 Å². The summed E-state index contributed by atoms with van der Waals surface area (Å²) in [6.45, 7) is 8.68. The molecule has 0 saturated heterocycles. The first kappa shape index (κ1) is 20.4. The van der Waals surface area contributed by atoms with Crippen LogP contribution in [-0.2, 0) is 17.8 Å². The SMILES string of the molecule is C[C@@H]1Cn2nc(-c3ccc(Cl)cc3)c(-c3ccncc3)c2CN1C(=O)OC(C)(C)C. The van der Waals surface area contributed by atoms with Crippen molar-refractivity contribution in [2.24, 2.45) is 0 Å². The number of hydrogen-bond donors (Lipinski definition) is 0. The largest absolute Gasteiger partial charge is 0.444 e. The lowest BCUT2D eigenvalue weighted by Gasteiger charge is -2.35. The predicted molar refractivity (Wildman–Crippen MR) is 117 cm³/mol. The van der Waals surface area contributed by atoms with E-state index in [2.05, 4.69) is 4.98 Å². The highest BCUT2D eigenvalue weighted by Crippen LogP contribution is 2.37. The van der Waals surface area contributed by atoms with Crippen LogP contribution in [0.2, 0.25) is 5.02 Å². The maximum Gasteiger partial charge on any atom is 0.410 e. The van der Waals surface area contributed by atoms with E-state index in [4.69, 9.17) is 21.4 Å². The number of rotatable bonds is 2. The summed E-state index contributed by atoms with van der Waals surface area (Å²) < 4.78 is 7.65. The smallest absolute Gasteiger partial charge is 0.410 e. The molecule has 0 fully saturated rings. The lowest BCUT2D eigenvalue weighted by Crippen LogP contribution is -2.47. The molecule has 0 unspecified atom stereocenters. The number of aromatic nitrogens is 3. The summed E-state index contributed by atoms with van der Waals surface area (Å²) in [6, 6.07) is 11.6. The molecule has 2 aromatic heterocycles. The Hall–Kier alpha value is -2.86. The molecule has 3 heterocycles. The Morgan fingerprint density at radius 3 is 2.40 bits per heavy atom. The maximum absolute atomic E-state index is 12.8. The van der Waals surface area contributed by atoms with E-state index in [0.717, 1.165) is 28.1 Å². The molecule has 0 aliphatic carbocycles. The number of benzene rings is 1. The third-order valence-electron chi connectivity index (χ3n) is 5.06. The molecule has 0 bridgehead atoms. The summed E-state index contributed by atoms with van der Waals surface area (Å²) in [5.74, 6) is 0. The van der Waals surface area contributed by atoms with E-state index < -0.39 is 5.60 Å². The summed E-state index contributed by atoms with van der Waals surface area (Å²) in [6.07, 6.45) is 3.22. The zero-order chi connectivity index (χ0) is 21.5. The van der Waals surface area contributed by atoms with Gasteiger partial charge < -0.3 is 4.74 Å². The van der Waals surface area contributed by atoms with Crippen LogP contribution in [0, 0.1) is 0 Å². The minimum atomic E-state index is -0.545. The van der Waals surface area contributed by atoms with Gasteiger partial charge in [0.15, 0.2) is 0 Å². The Balaban J connectivity index is 1.81. The van der Waals surface area contributed by atoms with Crippen molar-refractivity contribution in [1.29, 1.82) is 0 Å². The first-order chi connectivity index (χ1) is 14.2. The molecule has 0 spiro atoms. The Kier molecular flexibility index (Phi) is 5.28. The fourth-order valence-electron chi connectivity index (χ4n) is 3.67. The van der Waals surface area contributed by atoms with E-state index in [1.54, 1.807) is 17.3 Å². The third kappa shape index (κ3) is 4.05. The number of carbonyl (C=O) groups is 1. The predicted octanol–water partition coefficient (Wildman–Crippen LogP) is 5.40. The van der Waals surface area contributed by atoms with E-state index in [1.165, 1.54) is 0 Å². The number of ether oxygens (including phenoxy) is 1. The number of pyridine rings is 1. The Labute approximate surface area is 181 Å². The molecular formula is C23H25ClN4O2. The highest BCUT2D eigenvalue weighted by atomic mass is 35.5. The summed E-state index contributed by atoms with van der Waals surface area (Å²) in [5.41, 5.74) is 4.29. The molecule has 3 aromatic rings. The molecule has 1 aromatic carbocycles. The second kappa shape index (κ2) is 7.76. The molecule has 6 nitrogen and oxygen atoms in total. The van der Waals surface area contributed by atoms with Crippen molar-refractivity contribution in [3.8, 4) is 22.4 Å². The van der Waals surface area contributed by atoms with Gasteiger partial charge >= 0.3 is 6.09 Å². The average Bonchev–Trinajstić information content (AvgIpc) is 3.05. The molecule has 4 rings (SSSR count). The van der Waals surface area contributed by atoms with Crippen molar-refractivity contribution in [2.45, 2.75) is 52.4 Å². The molecule has 30 heavy (non-hydrogen) atoms. The fraction of sp³-hybridized carbons (Fsp3) is 0.348. The van der Waals surface area contributed by atoms with Crippen LogP contribution in [0.25, 0.3) is 22.4 Å². The van der Waals surface area contributed by atoms with Gasteiger partial charge in [0.2, 0.25) is 0 Å². The Morgan fingerprint density at radius 2 is 1.77 bits per heavy atom. The molecule has 1 aliphatic rings. The fourth-order valence-corrected chi connectivity index (χ4v) is 3.80. The minimum absolute atomic E-state index is 0.0318. The first-order valence-electron chi connectivity index (χ1n) is 9.98. The van der Waals surface area contributed by atoms with Crippen molar-refractivity contribution >= 4 is 17.7 Å². The van der Waals surface area contributed by atoms with Gasteiger partial charge in [-0.1, -0.05) is 23.7 Å². The third-order valence-corrected chi connectivity index (χ3v) is 5.31. The summed E-state index contributed by atoms with van der Waals surface area (Å²) in [7, 11) is 0. The molecule has 0 saturated carbocycles. The van der Waals surface area contributed by atoms with Gasteiger partial charge in [-0.05, 0) is 57.5 Å². The van der Waals surface area contributed by atoms with Gasteiger partial charge in [0.05, 0.1) is 24.8 Å². The molecule has 0 N–H and O–H groups in total. The number of carbonyl (C=O) groups excluding carboxylic acids is 1. The number of hydrogen-bond acceptors (Lipinski definition) is 4. The van der Waals surface area contributed by atoms with Crippen LogP contribution in [0.3, 0.4) is 0 Å². The molecule has 0 radical (unpaired) electrons. The summed E-state index contributed by atoms with van der Waals surface area (Å²) in [4.78, 5) is 18.8. The van der Waals surface area contributed by atoms with Crippen LogP contribution in [0.1, 0.15) is 33.4 Å². The zero-order valence-corrected chi connectivity index (χ0v) is 18.3. The monoisotopic (exact) mass is 424 g/mol. The van der Waals surface area contributed by atoms with Crippen LogP contribution in [0.4, 0.5) is 4.79 Å². The van der Waals surface area contributed by atoms with Crippen molar-refractivity contribution in [3.63, 3.8) is 0 Å². The van der Waals surface area contributed by atoms with Crippen LogP contribution < -0.4 is 0 Å². The molecule has 1 aliphatic heterocycles. The number of nitrogens with zero attached hydrogens (tertiary/aromatic N) is 4. The Morgan fingerprint density at radius 1 is 1.10 bits per heavy atom. The second-order valence-corrected chi connectivity index (χ2v) is 8.99. The number of fused-ring (bicyclic) bond motifs is 1. The van der Waals surface area contributed by atoms with Gasteiger partial charge in [0.25, 0.3) is 0 Å². The van der Waals surface area contributed by atoms with Gasteiger partial charge in [0.1, 0.15) is 11.3 Å². The van der Waals surface area contributed by atoms with Gasteiger partial charge in [-0.15, -0.1) is 0 Å². The zero-order valence-electron chi connectivity index (χ0n) is 17.6. The highest BCUT2D eigenvalue weighted by Gasteiger charge is 2.34. The van der Waals surface area contributed by atoms with E-state index in [-0.39, 0.29) is 12.1 Å². The maximum atomic E-state index is 12.8. The summed E-state index contributed by atoms with van der Waals surface area (Å²) >= 11 is 6.09. The van der Waals surface area contributed by atoms with E-state index >= 15 is 0 Å². The van der Waals surface area contributed by atoms with E-state index in [0.29, 0.717) is 18.1 Å². The quantitative estimate of drug-likeness (QED) is 0.552. The number of halogens is 1. The lowest BCUT2D eigenvalue weighted by atomic mass is 9.98. The summed E-state index contributed by atoms with van der Waals surface area (Å²) in [5, 5.41) is 5.60. The van der Waals surface area contributed by atoms with E-state index in [9.17, 15) is 4.79 Å². The Bertz CT molecular complexity index is 1060. The van der Waals surface area contributed by atoms with Gasteiger partial charge in [-0.2, -0.15) is 5.10 Å². The van der Waals surface area contributed by atoms with Crippen LogP contribution >= 0.6 is 11.6 Å². The molecule has 7 heteroatoms. The van der Waals surface area contributed by atoms with Gasteiger partial charge in [0, 0.05) is 28.5 Å². The highest BCUT2D eigenvalue weighted by molar-refractivity contribution is 6.30. The molecule has 156 valence electrons. The standard InChI is InChI=1S/C23H25ClN4O2/c1-15-13-28-19(14-27(15)22(29)30-23(2,3)4)20(16-9-11-25-12-10-16)21(26-28)17-5-7-18(24)8-6-17/h5-12,15H,13-14H2,1-4H3/t15-/m1/s1. The van der Waals surface area contributed by atoms with Crippen LogP contribution in [0.5, 0.6) is 0 Å². The molecule has 1 amide bonds. The van der Waals surface area contributed by atoms with E-state index in [1.807, 2.05) is 68.8 Å². The van der Waals surface area contributed by atoms with Crippen LogP contribution in [0.15, 0.2) is 48.8 Å². The van der Waals surface area contributed by atoms with Crippen molar-refractivity contribution < 1.29 is 9.53 Å². The molecule has 1 atom stereocenters. The van der Waals surface area contributed by atoms with Gasteiger partial charge in [-0.3, -0.25) is 14.6 Å². The van der Waals surface area contributed by atoms with Crippen molar-refractivity contribution in [3.05, 3.63) is 59.5 Å².